The smallest absolute Gasteiger partial charge is 0.259 e. The maximum absolute atomic E-state index is 14.3. The van der Waals surface area contributed by atoms with Crippen LogP contribution in [0.2, 0.25) is 0 Å². The second-order valence-corrected chi connectivity index (χ2v) is 6.28. The molecule has 1 heterocycles. The second kappa shape index (κ2) is 4.02. The van der Waals surface area contributed by atoms with Gasteiger partial charge < -0.3 is 5.32 Å². The zero-order valence-electron chi connectivity index (χ0n) is 11.0. The average Bonchev–Trinajstić information content (AvgIpc) is 3.15. The number of nitrogens with one attached hydrogen (secondary N) is 1. The third-order valence-electron chi connectivity index (χ3n) is 4.95. The molecule has 0 radical (unpaired) electrons. The van der Waals surface area contributed by atoms with E-state index in [1.165, 1.54) is 11.1 Å². The molecule has 1 aromatic carbocycles. The van der Waals surface area contributed by atoms with E-state index in [0.717, 1.165) is 49.9 Å². The number of hydrogen-bond acceptors (Lipinski definition) is 1. The monoisotopic (exact) mass is 263 g/mol. The fourth-order valence-electron chi connectivity index (χ4n) is 3.98. The molecule has 3 aliphatic rings. The van der Waals surface area contributed by atoms with E-state index in [0.29, 0.717) is 0 Å². The summed E-state index contributed by atoms with van der Waals surface area (Å²) in [6.45, 7) is 1.89. The predicted molar refractivity (Wildman–Crippen MR) is 70.8 cm³/mol. The van der Waals surface area contributed by atoms with Gasteiger partial charge in [-0.2, -0.15) is 0 Å². The van der Waals surface area contributed by atoms with E-state index in [4.69, 9.17) is 0 Å². The van der Waals surface area contributed by atoms with Crippen molar-refractivity contribution >= 4 is 0 Å². The van der Waals surface area contributed by atoms with E-state index in [2.05, 4.69) is 11.4 Å². The molecular weight excluding hydrogens is 244 g/mol. The Balaban J connectivity index is 1.86. The van der Waals surface area contributed by atoms with Crippen LogP contribution in [0, 0.1) is 5.92 Å². The van der Waals surface area contributed by atoms with Gasteiger partial charge in [-0.05, 0) is 66.9 Å². The third-order valence-corrected chi connectivity index (χ3v) is 4.95. The Morgan fingerprint density at radius 1 is 1.05 bits per heavy atom. The van der Waals surface area contributed by atoms with Gasteiger partial charge in [0, 0.05) is 6.42 Å². The molecule has 1 nitrogen and oxygen atoms in total. The van der Waals surface area contributed by atoms with Gasteiger partial charge in [-0.1, -0.05) is 12.1 Å². The molecule has 0 amide bonds. The van der Waals surface area contributed by atoms with Crippen LogP contribution >= 0.6 is 0 Å². The summed E-state index contributed by atoms with van der Waals surface area (Å²) in [7, 11) is 0. The lowest BCUT2D eigenvalue weighted by Gasteiger charge is -2.22. The highest BCUT2D eigenvalue weighted by atomic mass is 19.3. The molecule has 0 spiro atoms. The molecule has 1 aliphatic heterocycles. The first-order valence-corrected chi connectivity index (χ1v) is 7.39. The average molecular weight is 263 g/mol. The molecular formula is C16H19F2N. The van der Waals surface area contributed by atoms with Gasteiger partial charge in [0.05, 0.1) is 5.92 Å². The van der Waals surface area contributed by atoms with Crippen molar-refractivity contribution < 1.29 is 8.78 Å². The minimum Gasteiger partial charge on any atom is -0.316 e. The lowest BCUT2D eigenvalue weighted by molar-refractivity contribution is -0.0219. The molecule has 1 N–H and O–H groups in total. The van der Waals surface area contributed by atoms with E-state index < -0.39 is 11.8 Å². The molecule has 3 heteroatoms. The molecule has 1 unspecified atom stereocenters. The molecule has 4 rings (SSSR count). The summed E-state index contributed by atoms with van der Waals surface area (Å²) in [5.41, 5.74) is 4.50. The van der Waals surface area contributed by atoms with Gasteiger partial charge in [0.1, 0.15) is 0 Å². The fourth-order valence-corrected chi connectivity index (χ4v) is 3.98. The van der Waals surface area contributed by atoms with Crippen LogP contribution in [0.25, 0.3) is 0 Å². The number of fused-ring (bicyclic) bond motifs is 3. The van der Waals surface area contributed by atoms with Crippen LogP contribution in [0.4, 0.5) is 8.78 Å². The molecule has 0 saturated heterocycles. The Kier molecular flexibility index (Phi) is 2.50. The zero-order valence-corrected chi connectivity index (χ0v) is 11.0. The van der Waals surface area contributed by atoms with Gasteiger partial charge in [0.2, 0.25) is 0 Å². The summed E-state index contributed by atoms with van der Waals surface area (Å²) in [4.78, 5) is 0. The van der Waals surface area contributed by atoms with E-state index >= 15 is 0 Å². The Morgan fingerprint density at radius 2 is 1.79 bits per heavy atom. The summed E-state index contributed by atoms with van der Waals surface area (Å²) < 4.78 is 28.7. The zero-order chi connectivity index (χ0) is 13.0. The van der Waals surface area contributed by atoms with Gasteiger partial charge in [0.15, 0.2) is 0 Å². The van der Waals surface area contributed by atoms with Gasteiger partial charge in [-0.25, -0.2) is 8.78 Å². The highest BCUT2D eigenvalue weighted by molar-refractivity contribution is 5.50. The quantitative estimate of drug-likeness (QED) is 0.821. The molecule has 102 valence electrons. The molecule has 1 fully saturated rings. The van der Waals surface area contributed by atoms with E-state index in [1.807, 2.05) is 6.07 Å². The van der Waals surface area contributed by atoms with E-state index in [1.54, 1.807) is 0 Å². The number of rotatable bonds is 1. The van der Waals surface area contributed by atoms with Crippen LogP contribution < -0.4 is 5.32 Å². The molecule has 19 heavy (non-hydrogen) atoms. The second-order valence-electron chi connectivity index (χ2n) is 6.28. The van der Waals surface area contributed by atoms with Gasteiger partial charge in [-0.15, -0.1) is 0 Å². The van der Waals surface area contributed by atoms with Crippen molar-refractivity contribution in [3.8, 4) is 0 Å². The van der Waals surface area contributed by atoms with Crippen molar-refractivity contribution in [3.05, 3.63) is 34.4 Å². The Bertz CT molecular complexity index is 520. The minimum atomic E-state index is -2.52. The fraction of sp³-hybridized carbons (Fsp3) is 0.625. The van der Waals surface area contributed by atoms with Crippen LogP contribution in [0.5, 0.6) is 0 Å². The summed E-state index contributed by atoms with van der Waals surface area (Å²) in [5.74, 6) is -2.77. The lowest BCUT2D eigenvalue weighted by Crippen LogP contribution is -2.24. The van der Waals surface area contributed by atoms with Gasteiger partial charge in [-0.3, -0.25) is 0 Å². The molecule has 1 atom stereocenters. The summed E-state index contributed by atoms with van der Waals surface area (Å²) in [6.07, 6.45) is 3.83. The number of hydrogen-bond donors (Lipinski definition) is 1. The van der Waals surface area contributed by atoms with Crippen molar-refractivity contribution in [2.75, 3.05) is 13.1 Å². The molecule has 2 aliphatic carbocycles. The third kappa shape index (κ3) is 1.82. The first-order valence-electron chi connectivity index (χ1n) is 7.39. The maximum atomic E-state index is 14.3. The van der Waals surface area contributed by atoms with E-state index in [9.17, 15) is 8.78 Å². The summed E-state index contributed by atoms with van der Waals surface area (Å²) in [6, 6.07) is 4.06. The van der Waals surface area contributed by atoms with E-state index in [-0.39, 0.29) is 12.3 Å². The Hall–Kier alpha value is -0.960. The largest absolute Gasteiger partial charge is 0.316 e. The van der Waals surface area contributed by atoms with Crippen molar-refractivity contribution in [2.45, 2.75) is 43.9 Å². The first-order chi connectivity index (χ1) is 9.17. The van der Waals surface area contributed by atoms with Crippen molar-refractivity contribution in [1.82, 2.24) is 5.32 Å². The minimum absolute atomic E-state index is 0.0375. The Labute approximate surface area is 112 Å². The highest BCUT2D eigenvalue weighted by Gasteiger charge is 2.54. The SMILES string of the molecule is FC1(F)Cc2ccc3c(c2C1C1CC1)CCNCC3. The predicted octanol–water partition coefficient (Wildman–Crippen LogP) is 3.06. The van der Waals surface area contributed by atoms with Crippen LogP contribution in [0.1, 0.15) is 41.0 Å². The standard InChI is InChI=1S/C16H19F2N/c17-16(18)9-12-4-1-10-5-7-19-8-6-13(10)14(12)15(16)11-2-3-11/h1,4,11,15,19H,2-3,5-9H2. The number of halogens is 2. The van der Waals surface area contributed by atoms with Crippen LogP contribution in [-0.2, 0) is 19.3 Å². The molecule has 1 aromatic rings. The van der Waals surface area contributed by atoms with Crippen molar-refractivity contribution in [2.24, 2.45) is 5.92 Å². The van der Waals surface area contributed by atoms with Gasteiger partial charge in [0.25, 0.3) is 5.92 Å². The van der Waals surface area contributed by atoms with Crippen LogP contribution in [0.3, 0.4) is 0 Å². The number of alkyl halides is 2. The molecule has 0 bridgehead atoms. The maximum Gasteiger partial charge on any atom is 0.259 e. The first kappa shape index (κ1) is 11.8. The van der Waals surface area contributed by atoms with Crippen LogP contribution in [0.15, 0.2) is 12.1 Å². The highest BCUT2D eigenvalue weighted by Crippen LogP contribution is 2.57. The topological polar surface area (TPSA) is 12.0 Å². The molecule has 0 aromatic heterocycles. The summed E-state index contributed by atoms with van der Waals surface area (Å²) in [5, 5.41) is 3.38. The summed E-state index contributed by atoms with van der Waals surface area (Å²) >= 11 is 0. The van der Waals surface area contributed by atoms with Gasteiger partial charge >= 0.3 is 0 Å². The normalized spacial score (nSPS) is 28.6. The van der Waals surface area contributed by atoms with Crippen molar-refractivity contribution in [1.29, 1.82) is 0 Å². The molecule has 1 saturated carbocycles. The van der Waals surface area contributed by atoms with Crippen LogP contribution in [-0.4, -0.2) is 19.0 Å². The Morgan fingerprint density at radius 3 is 2.58 bits per heavy atom. The lowest BCUT2D eigenvalue weighted by atomic mass is 9.86. The van der Waals surface area contributed by atoms with Crippen molar-refractivity contribution in [3.63, 3.8) is 0 Å². The number of benzene rings is 1.